The maximum Gasteiger partial charge on any atom is 0.138 e. The fourth-order valence-corrected chi connectivity index (χ4v) is 3.06. The summed E-state index contributed by atoms with van der Waals surface area (Å²) < 4.78 is 2.92. The molecule has 1 saturated heterocycles. The van der Waals surface area contributed by atoms with E-state index in [1.807, 2.05) is 11.6 Å². The lowest BCUT2D eigenvalue weighted by molar-refractivity contribution is -0.118. The van der Waals surface area contributed by atoms with Crippen molar-refractivity contribution in [2.75, 3.05) is 13.1 Å². The van der Waals surface area contributed by atoms with E-state index in [9.17, 15) is 4.79 Å². The minimum atomic E-state index is 0.321. The maximum absolute atomic E-state index is 12.1. The van der Waals surface area contributed by atoms with Gasteiger partial charge in [-0.15, -0.1) is 0 Å². The highest BCUT2D eigenvalue weighted by molar-refractivity contribution is 9.10. The van der Waals surface area contributed by atoms with Gasteiger partial charge in [0.05, 0.1) is 15.9 Å². The normalized spacial score (nSPS) is 19.0. The van der Waals surface area contributed by atoms with Gasteiger partial charge in [-0.25, -0.2) is 0 Å². The Labute approximate surface area is 123 Å². The van der Waals surface area contributed by atoms with Crippen LogP contribution >= 0.6 is 15.9 Å². The van der Waals surface area contributed by atoms with E-state index in [4.69, 9.17) is 0 Å². The van der Waals surface area contributed by atoms with Crippen LogP contribution in [0.15, 0.2) is 4.47 Å². The summed E-state index contributed by atoms with van der Waals surface area (Å²) in [4.78, 5) is 12.1. The van der Waals surface area contributed by atoms with Crippen LogP contribution in [0.2, 0.25) is 0 Å². The van der Waals surface area contributed by atoms with E-state index < -0.39 is 0 Å². The first-order chi connectivity index (χ1) is 9.11. The van der Waals surface area contributed by atoms with Gasteiger partial charge in [0.25, 0.3) is 0 Å². The molecule has 1 fully saturated rings. The number of aromatic nitrogens is 2. The zero-order valence-electron chi connectivity index (χ0n) is 11.7. The number of nitrogens with zero attached hydrogens (tertiary/aromatic N) is 2. The fourth-order valence-electron chi connectivity index (χ4n) is 2.64. The molecule has 0 radical (unpaired) electrons. The van der Waals surface area contributed by atoms with Crippen LogP contribution in [-0.2, 0) is 17.8 Å². The number of Topliss-reactive ketones (excluding diaryl/α,β-unsaturated/α-hetero) is 1. The number of hydrogen-bond donors (Lipinski definition) is 1. The Hall–Kier alpha value is -0.680. The van der Waals surface area contributed by atoms with Crippen molar-refractivity contribution in [3.63, 3.8) is 0 Å². The van der Waals surface area contributed by atoms with E-state index in [2.05, 4.69) is 33.3 Å². The smallest absolute Gasteiger partial charge is 0.138 e. The average molecular weight is 328 g/mol. The molecule has 0 bridgehead atoms. The highest BCUT2D eigenvalue weighted by Gasteiger charge is 2.18. The van der Waals surface area contributed by atoms with Gasteiger partial charge in [0, 0.05) is 19.4 Å². The molecule has 2 rings (SSSR count). The van der Waals surface area contributed by atoms with Crippen LogP contribution in [0.1, 0.15) is 37.6 Å². The summed E-state index contributed by atoms with van der Waals surface area (Å²) in [5.41, 5.74) is 1.99. The topological polar surface area (TPSA) is 46.9 Å². The monoisotopic (exact) mass is 327 g/mol. The first kappa shape index (κ1) is 14.7. The Bertz CT molecular complexity index is 450. The molecule has 1 N–H and O–H groups in total. The molecule has 1 unspecified atom stereocenters. The molecule has 0 spiro atoms. The van der Waals surface area contributed by atoms with E-state index in [1.165, 1.54) is 6.42 Å². The van der Waals surface area contributed by atoms with Crippen LogP contribution in [0.5, 0.6) is 0 Å². The molecular formula is C14H22BrN3O. The fraction of sp³-hybridized carbons (Fsp3) is 0.714. The second kappa shape index (κ2) is 6.66. The zero-order valence-corrected chi connectivity index (χ0v) is 13.3. The average Bonchev–Trinajstić information content (AvgIpc) is 3.00. The van der Waals surface area contributed by atoms with Gasteiger partial charge in [-0.2, -0.15) is 5.10 Å². The highest BCUT2D eigenvalue weighted by atomic mass is 79.9. The number of halogens is 1. The Morgan fingerprint density at radius 1 is 1.58 bits per heavy atom. The van der Waals surface area contributed by atoms with Crippen molar-refractivity contribution < 1.29 is 4.79 Å². The number of ketones is 1. The number of aryl methyl sites for hydroxylation is 2. The minimum absolute atomic E-state index is 0.321. The molecule has 4 nitrogen and oxygen atoms in total. The lowest BCUT2D eigenvalue weighted by atomic mass is 9.99. The summed E-state index contributed by atoms with van der Waals surface area (Å²) in [7, 11) is 0. The highest BCUT2D eigenvalue weighted by Crippen LogP contribution is 2.23. The molecule has 0 aromatic carbocycles. The summed E-state index contributed by atoms with van der Waals surface area (Å²) in [6, 6.07) is 0. The SMILES string of the molecule is CCn1nc(C)c(Br)c1CC(=O)CCC1CCNC1. The van der Waals surface area contributed by atoms with E-state index in [0.717, 1.165) is 41.9 Å². The lowest BCUT2D eigenvalue weighted by Crippen LogP contribution is -2.13. The van der Waals surface area contributed by atoms with E-state index in [1.54, 1.807) is 0 Å². The largest absolute Gasteiger partial charge is 0.316 e. The molecular weight excluding hydrogens is 306 g/mol. The molecule has 1 atom stereocenters. The standard InChI is InChI=1S/C14H22BrN3O/c1-3-18-13(14(15)10(2)17-18)8-12(19)5-4-11-6-7-16-9-11/h11,16H,3-9H2,1-2H3. The summed E-state index contributed by atoms with van der Waals surface area (Å²) in [5.74, 6) is 1.01. The second-order valence-electron chi connectivity index (χ2n) is 5.27. The van der Waals surface area contributed by atoms with E-state index in [0.29, 0.717) is 24.5 Å². The van der Waals surface area contributed by atoms with Crippen LogP contribution in [-0.4, -0.2) is 28.7 Å². The van der Waals surface area contributed by atoms with Gasteiger partial charge in [0.15, 0.2) is 0 Å². The van der Waals surface area contributed by atoms with Gasteiger partial charge in [0.2, 0.25) is 0 Å². The second-order valence-corrected chi connectivity index (χ2v) is 6.07. The molecule has 0 amide bonds. The van der Waals surface area contributed by atoms with Gasteiger partial charge in [0.1, 0.15) is 5.78 Å². The quantitative estimate of drug-likeness (QED) is 0.873. The maximum atomic E-state index is 12.1. The van der Waals surface area contributed by atoms with E-state index in [-0.39, 0.29) is 0 Å². The molecule has 2 heterocycles. The predicted octanol–water partition coefficient (Wildman–Crippen LogP) is 2.48. The predicted molar refractivity (Wildman–Crippen MR) is 79.3 cm³/mol. The van der Waals surface area contributed by atoms with Gasteiger partial charge < -0.3 is 5.32 Å². The lowest BCUT2D eigenvalue weighted by Gasteiger charge is -2.08. The van der Waals surface area contributed by atoms with Gasteiger partial charge in [-0.1, -0.05) is 0 Å². The van der Waals surface area contributed by atoms with Crippen LogP contribution in [0, 0.1) is 12.8 Å². The Balaban J connectivity index is 1.90. The first-order valence-electron chi connectivity index (χ1n) is 7.06. The Morgan fingerprint density at radius 2 is 2.37 bits per heavy atom. The number of rotatable bonds is 6. The van der Waals surface area contributed by atoms with Crippen LogP contribution < -0.4 is 5.32 Å². The minimum Gasteiger partial charge on any atom is -0.316 e. The number of nitrogens with one attached hydrogen (secondary N) is 1. The van der Waals surface area contributed by atoms with Crippen LogP contribution in [0.4, 0.5) is 0 Å². The van der Waals surface area contributed by atoms with Crippen molar-refractivity contribution in [3.8, 4) is 0 Å². The van der Waals surface area contributed by atoms with Gasteiger partial charge >= 0.3 is 0 Å². The van der Waals surface area contributed by atoms with Crippen molar-refractivity contribution in [2.24, 2.45) is 5.92 Å². The Kier molecular flexibility index (Phi) is 5.16. The summed E-state index contributed by atoms with van der Waals surface area (Å²) in [6.45, 7) is 7.00. The molecule has 1 aromatic rings. The summed E-state index contributed by atoms with van der Waals surface area (Å²) in [5, 5.41) is 7.77. The van der Waals surface area contributed by atoms with Crippen molar-refractivity contribution in [1.82, 2.24) is 15.1 Å². The Morgan fingerprint density at radius 3 is 3.00 bits per heavy atom. The van der Waals surface area contributed by atoms with Gasteiger partial charge in [-0.3, -0.25) is 9.48 Å². The molecule has 5 heteroatoms. The first-order valence-corrected chi connectivity index (χ1v) is 7.85. The number of carbonyl (C=O) groups is 1. The van der Waals surface area contributed by atoms with Crippen molar-refractivity contribution >= 4 is 21.7 Å². The third kappa shape index (κ3) is 3.66. The third-order valence-electron chi connectivity index (χ3n) is 3.81. The molecule has 1 aliphatic heterocycles. The van der Waals surface area contributed by atoms with Crippen molar-refractivity contribution in [1.29, 1.82) is 0 Å². The van der Waals surface area contributed by atoms with Gasteiger partial charge in [-0.05, 0) is 61.6 Å². The van der Waals surface area contributed by atoms with Crippen LogP contribution in [0.3, 0.4) is 0 Å². The van der Waals surface area contributed by atoms with Crippen molar-refractivity contribution in [3.05, 3.63) is 15.9 Å². The molecule has 19 heavy (non-hydrogen) atoms. The molecule has 0 saturated carbocycles. The summed E-state index contributed by atoms with van der Waals surface area (Å²) in [6.07, 6.45) is 3.41. The molecule has 1 aliphatic rings. The van der Waals surface area contributed by atoms with Crippen molar-refractivity contribution in [2.45, 2.75) is 46.1 Å². The molecule has 106 valence electrons. The zero-order chi connectivity index (χ0) is 13.8. The molecule has 1 aromatic heterocycles. The van der Waals surface area contributed by atoms with Crippen LogP contribution in [0.25, 0.3) is 0 Å². The summed E-state index contributed by atoms with van der Waals surface area (Å²) >= 11 is 3.54. The number of carbonyl (C=O) groups excluding carboxylic acids is 1. The van der Waals surface area contributed by atoms with E-state index >= 15 is 0 Å². The third-order valence-corrected chi connectivity index (χ3v) is 4.84. The number of hydrogen-bond acceptors (Lipinski definition) is 3. The molecule has 0 aliphatic carbocycles.